The number of hydrogen-bond acceptors (Lipinski definition) is 0. The van der Waals surface area contributed by atoms with Gasteiger partial charge in [-0.05, 0) is 64.8 Å². The quantitative estimate of drug-likeness (QED) is 0.584. The first-order chi connectivity index (χ1) is 11.8. The van der Waals surface area contributed by atoms with Gasteiger partial charge in [-0.3, -0.25) is 0 Å². The summed E-state index contributed by atoms with van der Waals surface area (Å²) in [7, 11) is 0. The van der Waals surface area contributed by atoms with Gasteiger partial charge in [0, 0.05) is 5.92 Å². The maximum atomic E-state index is 2.37. The number of rotatable bonds is 4. The van der Waals surface area contributed by atoms with Crippen LogP contribution in [-0.2, 0) is 0 Å². The summed E-state index contributed by atoms with van der Waals surface area (Å²) < 4.78 is 0. The summed E-state index contributed by atoms with van der Waals surface area (Å²) >= 11 is 0. The predicted molar refractivity (Wildman–Crippen MR) is 105 cm³/mol. The molecular weight excluding hydrogens is 288 g/mol. The van der Waals surface area contributed by atoms with Crippen LogP contribution in [0, 0.1) is 6.92 Å². The van der Waals surface area contributed by atoms with Crippen LogP contribution in [0.1, 0.15) is 59.9 Å². The van der Waals surface area contributed by atoms with Crippen molar-refractivity contribution in [1.29, 1.82) is 0 Å². The number of allylic oxidation sites excluding steroid dienone is 5. The van der Waals surface area contributed by atoms with Crippen LogP contribution in [0.3, 0.4) is 0 Å². The molecule has 2 aliphatic carbocycles. The molecule has 24 heavy (non-hydrogen) atoms. The van der Waals surface area contributed by atoms with Gasteiger partial charge in [-0.15, -0.1) is 0 Å². The Morgan fingerprint density at radius 1 is 1.08 bits per heavy atom. The van der Waals surface area contributed by atoms with Crippen LogP contribution in [0.25, 0.3) is 17.2 Å². The molecule has 1 unspecified atom stereocenters. The van der Waals surface area contributed by atoms with Crippen molar-refractivity contribution in [1.82, 2.24) is 0 Å². The Morgan fingerprint density at radius 3 is 2.79 bits per heavy atom. The third-order valence-electron chi connectivity index (χ3n) is 5.29. The van der Waals surface area contributed by atoms with Crippen molar-refractivity contribution in [3.8, 4) is 0 Å². The molecule has 2 aromatic carbocycles. The standard InChI is InChI=1S/C24H24/c1-3-6-18-9-11-22-16-20(13-14-24(18)22)19-10-12-21(15-19)23-8-5-4-7-17(23)2/h4-5,7-11,13-16,18H,3,6,12H2,1-2H3. The SMILES string of the molecule is CCCC1C=Cc2cc(C3=CCC(c4ccccc4C)=C3)ccc21. The Kier molecular flexibility index (Phi) is 3.98. The fourth-order valence-corrected chi connectivity index (χ4v) is 3.97. The molecule has 0 saturated carbocycles. The second-order valence-corrected chi connectivity index (χ2v) is 6.95. The predicted octanol–water partition coefficient (Wildman–Crippen LogP) is 6.78. The first kappa shape index (κ1) is 15.2. The van der Waals surface area contributed by atoms with E-state index in [1.807, 2.05) is 0 Å². The van der Waals surface area contributed by atoms with Gasteiger partial charge in [-0.25, -0.2) is 0 Å². The zero-order valence-electron chi connectivity index (χ0n) is 14.5. The van der Waals surface area contributed by atoms with E-state index in [1.165, 1.54) is 51.8 Å². The molecule has 0 aromatic heterocycles. The van der Waals surface area contributed by atoms with E-state index in [0.717, 1.165) is 6.42 Å². The van der Waals surface area contributed by atoms with E-state index in [9.17, 15) is 0 Å². The number of fused-ring (bicyclic) bond motifs is 1. The van der Waals surface area contributed by atoms with E-state index in [2.05, 4.69) is 80.6 Å². The second-order valence-electron chi connectivity index (χ2n) is 6.95. The van der Waals surface area contributed by atoms with Crippen LogP contribution in [0.2, 0.25) is 0 Å². The van der Waals surface area contributed by atoms with Gasteiger partial charge in [0.2, 0.25) is 0 Å². The highest BCUT2D eigenvalue weighted by Gasteiger charge is 2.18. The normalized spacial score (nSPS) is 18.5. The Labute approximate surface area is 145 Å². The molecule has 0 fully saturated rings. The zero-order valence-corrected chi connectivity index (χ0v) is 14.5. The molecular formula is C24H24. The van der Waals surface area contributed by atoms with Crippen molar-refractivity contribution in [2.75, 3.05) is 0 Å². The van der Waals surface area contributed by atoms with Crippen molar-refractivity contribution >= 4 is 17.2 Å². The molecule has 0 saturated heterocycles. The molecule has 4 rings (SSSR count). The Balaban J connectivity index is 1.62. The summed E-state index contributed by atoms with van der Waals surface area (Å²) in [5, 5.41) is 0. The lowest BCUT2D eigenvalue weighted by molar-refractivity contribution is 0.725. The minimum Gasteiger partial charge on any atom is -0.0764 e. The van der Waals surface area contributed by atoms with Gasteiger partial charge >= 0.3 is 0 Å². The summed E-state index contributed by atoms with van der Waals surface area (Å²) in [5.74, 6) is 0.620. The van der Waals surface area contributed by atoms with Gasteiger partial charge in [0.05, 0.1) is 0 Å². The molecule has 2 aromatic rings. The second kappa shape index (κ2) is 6.28. The smallest absolute Gasteiger partial charge is 0.00271 e. The zero-order chi connectivity index (χ0) is 16.5. The molecule has 0 spiro atoms. The van der Waals surface area contributed by atoms with Crippen LogP contribution in [0.5, 0.6) is 0 Å². The first-order valence-corrected chi connectivity index (χ1v) is 9.05. The Hall–Kier alpha value is -2.34. The molecule has 0 heterocycles. The van der Waals surface area contributed by atoms with Crippen LogP contribution in [-0.4, -0.2) is 0 Å². The maximum Gasteiger partial charge on any atom is 0.00271 e. The van der Waals surface area contributed by atoms with Crippen LogP contribution < -0.4 is 0 Å². The summed E-state index contributed by atoms with van der Waals surface area (Å²) in [4.78, 5) is 0. The lowest BCUT2D eigenvalue weighted by Crippen LogP contribution is -1.93. The molecule has 2 aliphatic rings. The van der Waals surface area contributed by atoms with E-state index in [-0.39, 0.29) is 0 Å². The average Bonchev–Trinajstić information content (AvgIpc) is 3.23. The van der Waals surface area contributed by atoms with Gasteiger partial charge in [0.15, 0.2) is 0 Å². The van der Waals surface area contributed by atoms with Crippen LogP contribution in [0.15, 0.2) is 60.7 Å². The molecule has 0 amide bonds. The van der Waals surface area contributed by atoms with E-state index >= 15 is 0 Å². The molecule has 0 aliphatic heterocycles. The third kappa shape index (κ3) is 2.67. The van der Waals surface area contributed by atoms with E-state index in [0.29, 0.717) is 5.92 Å². The van der Waals surface area contributed by atoms with Crippen molar-refractivity contribution in [3.63, 3.8) is 0 Å². The van der Waals surface area contributed by atoms with E-state index in [1.54, 1.807) is 0 Å². The lowest BCUT2D eigenvalue weighted by Gasteiger charge is -2.11. The third-order valence-corrected chi connectivity index (χ3v) is 5.29. The molecule has 0 heteroatoms. The fraction of sp³-hybridized carbons (Fsp3) is 0.250. The van der Waals surface area contributed by atoms with Crippen molar-refractivity contribution in [2.24, 2.45) is 0 Å². The maximum absolute atomic E-state index is 2.37. The van der Waals surface area contributed by atoms with Crippen LogP contribution >= 0.6 is 0 Å². The highest BCUT2D eigenvalue weighted by Crippen LogP contribution is 2.38. The van der Waals surface area contributed by atoms with E-state index in [4.69, 9.17) is 0 Å². The van der Waals surface area contributed by atoms with Gasteiger partial charge in [-0.1, -0.05) is 74.0 Å². The number of hydrogen-bond donors (Lipinski definition) is 0. The minimum atomic E-state index is 0.620. The van der Waals surface area contributed by atoms with Crippen molar-refractivity contribution in [3.05, 3.63) is 88.5 Å². The minimum absolute atomic E-state index is 0.620. The summed E-state index contributed by atoms with van der Waals surface area (Å²) in [6.07, 6.45) is 12.9. The molecule has 0 nitrogen and oxygen atoms in total. The summed E-state index contributed by atoms with van der Waals surface area (Å²) in [5.41, 5.74) is 9.79. The largest absolute Gasteiger partial charge is 0.0764 e. The van der Waals surface area contributed by atoms with E-state index < -0.39 is 0 Å². The van der Waals surface area contributed by atoms with Gasteiger partial charge in [0.25, 0.3) is 0 Å². The van der Waals surface area contributed by atoms with Crippen LogP contribution in [0.4, 0.5) is 0 Å². The monoisotopic (exact) mass is 312 g/mol. The molecule has 1 atom stereocenters. The number of benzene rings is 2. The molecule has 120 valence electrons. The Morgan fingerprint density at radius 2 is 1.96 bits per heavy atom. The molecule has 0 N–H and O–H groups in total. The van der Waals surface area contributed by atoms with Crippen molar-refractivity contribution < 1.29 is 0 Å². The molecule has 0 radical (unpaired) electrons. The average molecular weight is 312 g/mol. The molecule has 0 bridgehead atoms. The lowest BCUT2D eigenvalue weighted by atomic mass is 9.94. The summed E-state index contributed by atoms with van der Waals surface area (Å²) in [6, 6.07) is 15.7. The first-order valence-electron chi connectivity index (χ1n) is 9.05. The number of aryl methyl sites for hydroxylation is 1. The van der Waals surface area contributed by atoms with Gasteiger partial charge < -0.3 is 0 Å². The fourth-order valence-electron chi connectivity index (χ4n) is 3.97. The topological polar surface area (TPSA) is 0 Å². The highest BCUT2D eigenvalue weighted by atomic mass is 14.2. The Bertz CT molecular complexity index is 861. The summed E-state index contributed by atoms with van der Waals surface area (Å²) in [6.45, 7) is 4.46. The van der Waals surface area contributed by atoms with Gasteiger partial charge in [0.1, 0.15) is 0 Å². The van der Waals surface area contributed by atoms with Gasteiger partial charge in [-0.2, -0.15) is 0 Å². The van der Waals surface area contributed by atoms with Crippen molar-refractivity contribution in [2.45, 2.75) is 39.0 Å². The highest BCUT2D eigenvalue weighted by molar-refractivity contribution is 5.90.